The molecule has 0 radical (unpaired) electrons. The van der Waals surface area contributed by atoms with Crippen molar-refractivity contribution in [2.45, 2.75) is 69.2 Å². The zero-order chi connectivity index (χ0) is 28.5. The van der Waals surface area contributed by atoms with Crippen LogP contribution in [0, 0.1) is 0 Å². The van der Waals surface area contributed by atoms with Crippen LogP contribution >= 0.6 is 0 Å². The number of carbonyl (C=O) groups excluding carboxylic acids is 3. The van der Waals surface area contributed by atoms with Crippen molar-refractivity contribution < 1.29 is 57.8 Å². The van der Waals surface area contributed by atoms with Gasteiger partial charge in [0, 0.05) is 29.5 Å². The second-order valence-corrected chi connectivity index (χ2v) is 10.1. The number of phenolic OH excluding ortho intramolecular Hbond substituents is 2. The molecule has 0 bridgehead atoms. The van der Waals surface area contributed by atoms with E-state index in [2.05, 4.69) is 0 Å². The molecule has 0 spiro atoms. The molecular weight excluding hydrogens is 522 g/mol. The first kappa shape index (κ1) is 27.1. The number of alkyl halides is 2. The number of halogens is 2. The second kappa shape index (κ2) is 9.33. The largest absolute Gasteiger partial charge is 0.507 e. The van der Waals surface area contributed by atoms with Crippen LogP contribution in [0.2, 0.25) is 0 Å². The minimum absolute atomic E-state index is 0.0456. The summed E-state index contributed by atoms with van der Waals surface area (Å²) in [6, 6.07) is 4.25. The number of aliphatic hydroxyl groups excluding tert-OH is 1. The van der Waals surface area contributed by atoms with E-state index in [1.165, 1.54) is 32.2 Å². The maximum absolute atomic E-state index is 14.8. The quantitative estimate of drug-likeness (QED) is 0.355. The number of fused-ring (bicyclic) bond motifs is 3. The fourth-order valence-electron chi connectivity index (χ4n) is 5.54. The second-order valence-electron chi connectivity index (χ2n) is 10.1. The summed E-state index contributed by atoms with van der Waals surface area (Å²) < 4.78 is 45.4. The van der Waals surface area contributed by atoms with Crippen LogP contribution in [0.25, 0.3) is 0 Å². The Bertz CT molecular complexity index is 1410. The Labute approximate surface area is 220 Å². The molecule has 39 heavy (non-hydrogen) atoms. The summed E-state index contributed by atoms with van der Waals surface area (Å²) >= 11 is 0. The molecule has 2 aromatic carbocycles. The maximum Gasteiger partial charge on any atom is 0.202 e. The molecule has 0 amide bonds. The lowest BCUT2D eigenvalue weighted by molar-refractivity contribution is -0.285. The van der Waals surface area contributed by atoms with Crippen LogP contribution in [0.1, 0.15) is 69.3 Å². The van der Waals surface area contributed by atoms with Gasteiger partial charge in [0.25, 0.3) is 0 Å². The lowest BCUT2D eigenvalue weighted by Crippen LogP contribution is -2.54. The van der Waals surface area contributed by atoms with Gasteiger partial charge in [-0.3, -0.25) is 14.4 Å². The van der Waals surface area contributed by atoms with E-state index in [1.807, 2.05) is 0 Å². The summed E-state index contributed by atoms with van der Waals surface area (Å²) in [6.07, 6.45) is -12.5. The number of hydrogen-bond acceptors (Lipinski definition) is 10. The monoisotopic (exact) mass is 548 g/mol. The summed E-state index contributed by atoms with van der Waals surface area (Å²) in [5, 5.41) is 43.6. The molecule has 1 aliphatic heterocycles. The lowest BCUT2D eigenvalue weighted by atomic mass is 9.72. The molecule has 0 aromatic heterocycles. The number of benzene rings is 2. The average Bonchev–Trinajstić information content (AvgIpc) is 2.90. The van der Waals surface area contributed by atoms with Gasteiger partial charge in [-0.15, -0.1) is 0 Å². The van der Waals surface area contributed by atoms with E-state index >= 15 is 0 Å². The molecule has 0 saturated carbocycles. The molecule has 208 valence electrons. The standard InChI is InChI=1S/C27H26F2O10/c1-9-21(31)19(28)20(29)26(38-9)39-14-8-27(36,10(2)30)7-12-16(14)25(35)18-17(23(12)33)22(32)11-5-4-6-13(37-3)15(11)24(18)34/h4-6,9,14,19-21,26,31,33,35-36H,7-8H2,1-3H3/t9-,14-,19-,20+,21+,26-,27-/m0/s1. The van der Waals surface area contributed by atoms with Crippen molar-refractivity contribution in [3.05, 3.63) is 51.6 Å². The van der Waals surface area contributed by atoms with Gasteiger partial charge in [0.15, 0.2) is 30.2 Å². The van der Waals surface area contributed by atoms with E-state index in [-0.39, 0.29) is 28.0 Å². The van der Waals surface area contributed by atoms with Crippen molar-refractivity contribution in [3.8, 4) is 17.2 Å². The average molecular weight is 548 g/mol. The highest BCUT2D eigenvalue weighted by Crippen LogP contribution is 2.52. The van der Waals surface area contributed by atoms with Gasteiger partial charge in [-0.2, -0.15) is 0 Å². The number of ether oxygens (including phenoxy) is 3. The summed E-state index contributed by atoms with van der Waals surface area (Å²) in [5.74, 6) is -3.94. The fraction of sp³-hybridized carbons (Fsp3) is 0.444. The van der Waals surface area contributed by atoms with Crippen LogP contribution in [0.3, 0.4) is 0 Å². The van der Waals surface area contributed by atoms with Crippen LogP contribution < -0.4 is 4.74 Å². The number of carbonyl (C=O) groups is 3. The van der Waals surface area contributed by atoms with Gasteiger partial charge in [-0.05, 0) is 19.9 Å². The summed E-state index contributed by atoms with van der Waals surface area (Å²) in [4.78, 5) is 39.5. The zero-order valence-electron chi connectivity index (χ0n) is 21.1. The Morgan fingerprint density at radius 1 is 1.08 bits per heavy atom. The number of methoxy groups -OCH3 is 1. The van der Waals surface area contributed by atoms with Gasteiger partial charge >= 0.3 is 0 Å². The molecule has 12 heteroatoms. The number of aromatic hydroxyl groups is 2. The van der Waals surface area contributed by atoms with Gasteiger partial charge in [0.05, 0.1) is 36.0 Å². The van der Waals surface area contributed by atoms with Crippen LogP contribution in [-0.4, -0.2) is 81.3 Å². The molecule has 1 fully saturated rings. The Hall–Kier alpha value is -3.45. The highest BCUT2D eigenvalue weighted by molar-refractivity contribution is 6.31. The van der Waals surface area contributed by atoms with Crippen molar-refractivity contribution in [1.82, 2.24) is 0 Å². The van der Waals surface area contributed by atoms with Gasteiger partial charge in [0.2, 0.25) is 5.78 Å². The molecular formula is C27H26F2O10. The third kappa shape index (κ3) is 3.93. The molecule has 1 saturated heterocycles. The number of aliphatic hydroxyl groups is 2. The lowest BCUT2D eigenvalue weighted by Gasteiger charge is -2.42. The third-order valence-corrected chi connectivity index (χ3v) is 7.75. The zero-order valence-corrected chi connectivity index (χ0v) is 21.1. The van der Waals surface area contributed by atoms with E-state index < -0.39 is 95.4 Å². The smallest absolute Gasteiger partial charge is 0.202 e. The van der Waals surface area contributed by atoms with E-state index in [4.69, 9.17) is 14.2 Å². The Morgan fingerprint density at radius 3 is 2.38 bits per heavy atom. The fourth-order valence-corrected chi connectivity index (χ4v) is 5.54. The highest BCUT2D eigenvalue weighted by atomic mass is 19.2. The number of rotatable bonds is 4. The van der Waals surface area contributed by atoms with E-state index in [9.17, 15) is 43.6 Å². The molecule has 7 atom stereocenters. The van der Waals surface area contributed by atoms with Gasteiger partial charge in [-0.1, -0.05) is 12.1 Å². The van der Waals surface area contributed by atoms with Crippen LogP contribution in [0.5, 0.6) is 17.2 Å². The number of Topliss-reactive ketones (excluding diaryl/α,β-unsaturated/α-hetero) is 1. The van der Waals surface area contributed by atoms with Crippen LogP contribution in [0.15, 0.2) is 18.2 Å². The molecule has 1 heterocycles. The molecule has 0 unspecified atom stereocenters. The molecule has 3 aliphatic rings. The van der Waals surface area contributed by atoms with Crippen molar-refractivity contribution in [1.29, 1.82) is 0 Å². The predicted octanol–water partition coefficient (Wildman–Crippen LogP) is 1.99. The van der Waals surface area contributed by atoms with Crippen molar-refractivity contribution in [2.24, 2.45) is 0 Å². The Morgan fingerprint density at radius 2 is 1.74 bits per heavy atom. The van der Waals surface area contributed by atoms with Crippen molar-refractivity contribution in [3.63, 3.8) is 0 Å². The summed E-state index contributed by atoms with van der Waals surface area (Å²) in [6.45, 7) is 2.36. The molecule has 10 nitrogen and oxygen atoms in total. The maximum atomic E-state index is 14.8. The van der Waals surface area contributed by atoms with Crippen molar-refractivity contribution >= 4 is 17.3 Å². The highest BCUT2D eigenvalue weighted by Gasteiger charge is 2.51. The number of hydrogen-bond donors (Lipinski definition) is 4. The topological polar surface area (TPSA) is 160 Å². The third-order valence-electron chi connectivity index (χ3n) is 7.75. The first-order valence-corrected chi connectivity index (χ1v) is 12.2. The molecule has 2 aliphatic carbocycles. The predicted molar refractivity (Wildman–Crippen MR) is 128 cm³/mol. The van der Waals surface area contributed by atoms with Gasteiger partial charge in [-0.25, -0.2) is 8.78 Å². The minimum atomic E-state index is -2.49. The number of phenols is 2. The van der Waals surface area contributed by atoms with Gasteiger partial charge in [0.1, 0.15) is 29.0 Å². The summed E-state index contributed by atoms with van der Waals surface area (Å²) in [7, 11) is 1.28. The van der Waals surface area contributed by atoms with Crippen LogP contribution in [0.4, 0.5) is 8.78 Å². The first-order chi connectivity index (χ1) is 18.3. The molecule has 4 N–H and O–H groups in total. The Balaban J connectivity index is 1.70. The van der Waals surface area contributed by atoms with Gasteiger partial charge < -0.3 is 34.6 Å². The van der Waals surface area contributed by atoms with E-state index in [1.54, 1.807) is 0 Å². The molecule has 2 aromatic rings. The first-order valence-electron chi connectivity index (χ1n) is 12.2. The normalized spacial score (nSPS) is 31.8. The Kier molecular flexibility index (Phi) is 6.49. The summed E-state index contributed by atoms with van der Waals surface area (Å²) in [5.41, 5.74) is -4.11. The minimum Gasteiger partial charge on any atom is -0.507 e. The van der Waals surface area contributed by atoms with E-state index in [0.717, 1.165) is 6.92 Å². The van der Waals surface area contributed by atoms with Crippen molar-refractivity contribution in [2.75, 3.05) is 7.11 Å². The van der Waals surface area contributed by atoms with E-state index in [0.29, 0.717) is 0 Å². The SMILES string of the molecule is COc1cccc2c1C(=O)c1c(O)c3c(c(O)c1C2=O)C[C@@](O)(C(C)=O)C[C@@H]3O[C@@H]1O[C@@H](C)[C@@H](O)[C@@H](F)[C@H]1F. The number of ketones is 3. The molecule has 5 rings (SSSR count). The van der Waals surface area contributed by atoms with Crippen LogP contribution in [-0.2, 0) is 20.7 Å².